The molecule has 16 nitrogen and oxygen atoms in total. The van der Waals surface area contributed by atoms with Crippen molar-refractivity contribution >= 4 is 109 Å². The van der Waals surface area contributed by atoms with E-state index >= 15 is 0 Å². The number of allylic oxidation sites excluding steroid dienone is 5. The van der Waals surface area contributed by atoms with Crippen LogP contribution in [0.5, 0.6) is 0 Å². The molecule has 0 saturated carbocycles. The van der Waals surface area contributed by atoms with Crippen LogP contribution in [-0.4, -0.2) is 91.8 Å². The quantitative estimate of drug-likeness (QED) is 0.0693. The van der Waals surface area contributed by atoms with Crippen LogP contribution in [0.15, 0.2) is 104 Å². The Morgan fingerprint density at radius 2 is 1.50 bits per heavy atom. The molecule has 0 saturated heterocycles. The monoisotopic (exact) mass is 916 g/mol. The molecule has 5 aromatic rings. The summed E-state index contributed by atoms with van der Waals surface area (Å²) in [5.41, 5.74) is 3.92. The summed E-state index contributed by atoms with van der Waals surface area (Å²) in [6.07, 6.45) is 9.95. The summed E-state index contributed by atoms with van der Waals surface area (Å²) in [6, 6.07) is 13.9. The Kier molecular flexibility index (Phi) is 13.0. The summed E-state index contributed by atoms with van der Waals surface area (Å²) in [7, 11) is -17.6. The molecular weight excluding hydrogens is 881 g/mol. The third kappa shape index (κ3) is 8.75. The SMILES string of the molecule is CCn1c(=CC=C2CCCC(C=CC3=[N+](CC)c4c(S(=O)(=O)O)cc(S(=O)(=O)O)c5cccc3c45)=C2SCCOC=O)c2cccc3c(S(=O)(=O)[O-])ccc1c32.O=S(=O)=O. The molecule has 0 atom stereocenters. The Morgan fingerprint density at radius 1 is 0.850 bits per heavy atom. The zero-order valence-corrected chi connectivity index (χ0v) is 35.8. The van der Waals surface area contributed by atoms with E-state index in [1.165, 1.54) is 23.9 Å². The molecule has 2 aliphatic rings. The van der Waals surface area contributed by atoms with Gasteiger partial charge in [-0.05, 0) is 74.6 Å². The Morgan fingerprint density at radius 3 is 2.12 bits per heavy atom. The van der Waals surface area contributed by atoms with Gasteiger partial charge in [-0.1, -0.05) is 42.5 Å². The average Bonchev–Trinajstić information content (AvgIpc) is 3.66. The molecule has 7 rings (SSSR count). The predicted molar refractivity (Wildman–Crippen MR) is 223 cm³/mol. The van der Waals surface area contributed by atoms with Gasteiger partial charge in [0.05, 0.1) is 15.8 Å². The van der Waals surface area contributed by atoms with Crippen molar-refractivity contribution in [1.29, 1.82) is 0 Å². The number of thioether (sulfide) groups is 1. The van der Waals surface area contributed by atoms with Gasteiger partial charge in [0.15, 0.2) is 4.90 Å². The first-order chi connectivity index (χ1) is 28.3. The highest BCUT2D eigenvalue weighted by atomic mass is 32.2. The highest BCUT2D eigenvalue weighted by molar-refractivity contribution is 8.03. The van der Waals surface area contributed by atoms with Crippen LogP contribution in [0.3, 0.4) is 0 Å². The minimum absolute atomic E-state index is 0.103. The standard InChI is InChI=1S/C39H36N2O11S4.O3S/c1-3-40-30(26-10-6-12-28-33(54(43,44)45)19-18-32(40)36(26)28)16-14-24-8-5-9-25(39(24)53-21-20-52-23-42)15-17-31-27-11-7-13-29-34(55(46,47)48)22-35(56(49,50)51)38(37(27)29)41(31)4-2;1-4(2)3/h6-7,10-19,22-23H,3-5,8-9,20-21H2,1-2H3,(H2-,43,44,45,46,47,48,49,50,51);. The van der Waals surface area contributed by atoms with E-state index < -0.39 is 50.8 Å². The van der Waals surface area contributed by atoms with Crippen molar-refractivity contribution in [2.45, 2.75) is 54.3 Å². The number of hydrogen-bond acceptors (Lipinski definition) is 13. The molecule has 0 bridgehead atoms. The highest BCUT2D eigenvalue weighted by Crippen LogP contribution is 2.44. The number of aromatic nitrogens is 1. The van der Waals surface area contributed by atoms with Gasteiger partial charge in [0.1, 0.15) is 28.2 Å². The number of nitrogens with zero attached hydrogens (tertiary/aromatic N) is 2. The fourth-order valence-corrected chi connectivity index (χ4v) is 11.2. The third-order valence-electron chi connectivity index (χ3n) is 10.1. The van der Waals surface area contributed by atoms with Crippen molar-refractivity contribution in [3.63, 3.8) is 0 Å². The Labute approximate surface area is 350 Å². The van der Waals surface area contributed by atoms with Gasteiger partial charge in [0.25, 0.3) is 16.6 Å². The third-order valence-corrected chi connectivity index (χ3v) is 13.9. The van der Waals surface area contributed by atoms with Gasteiger partial charge in [-0.25, -0.2) is 8.42 Å². The molecule has 2 heterocycles. The number of ether oxygens (including phenoxy) is 1. The van der Waals surface area contributed by atoms with Crippen LogP contribution >= 0.6 is 11.8 Å². The average molecular weight is 917 g/mol. The molecule has 316 valence electrons. The number of hydrogen-bond donors (Lipinski definition) is 2. The van der Waals surface area contributed by atoms with E-state index in [0.29, 0.717) is 47.2 Å². The van der Waals surface area contributed by atoms with E-state index in [4.69, 9.17) is 17.4 Å². The van der Waals surface area contributed by atoms with E-state index in [9.17, 15) is 43.7 Å². The van der Waals surface area contributed by atoms with Crippen molar-refractivity contribution < 1.29 is 65.6 Å². The smallest absolute Gasteiger partial charge is 0.425 e. The van der Waals surface area contributed by atoms with Crippen LogP contribution in [0, 0.1) is 0 Å². The van der Waals surface area contributed by atoms with Crippen molar-refractivity contribution in [3.05, 3.63) is 99.8 Å². The zero-order valence-electron chi connectivity index (χ0n) is 31.8. The zero-order chi connectivity index (χ0) is 43.7. The van der Waals surface area contributed by atoms with E-state index in [-0.39, 0.29) is 34.5 Å². The number of benzene rings is 4. The molecule has 1 aliphatic carbocycles. The van der Waals surface area contributed by atoms with Crippen LogP contribution in [0.25, 0.3) is 38.5 Å². The minimum Gasteiger partial charge on any atom is -0.744 e. The van der Waals surface area contributed by atoms with Crippen molar-refractivity contribution in [2.24, 2.45) is 0 Å². The van der Waals surface area contributed by atoms with E-state index in [0.717, 1.165) is 51.2 Å². The second-order valence-electron chi connectivity index (χ2n) is 13.3. The second kappa shape index (κ2) is 17.5. The second-order valence-corrected chi connectivity index (χ2v) is 19.0. The number of carbonyl (C=O) groups excluding carboxylic acids is 1. The molecule has 2 N–H and O–H groups in total. The summed E-state index contributed by atoms with van der Waals surface area (Å²) >= 11 is 1.51. The maximum atomic E-state index is 12.7. The van der Waals surface area contributed by atoms with Crippen molar-refractivity contribution in [3.8, 4) is 0 Å². The lowest BCUT2D eigenvalue weighted by Gasteiger charge is -2.21. The highest BCUT2D eigenvalue weighted by Gasteiger charge is 2.39. The summed E-state index contributed by atoms with van der Waals surface area (Å²) < 4.78 is 141. The first-order valence-corrected chi connectivity index (χ1v) is 24.4. The van der Waals surface area contributed by atoms with Crippen LogP contribution in [0.4, 0.5) is 5.69 Å². The van der Waals surface area contributed by atoms with Gasteiger partial charge in [0, 0.05) is 55.7 Å². The molecule has 0 unspecified atom stereocenters. The fraction of sp³-hybridized carbons (Fsp3) is 0.231. The lowest BCUT2D eigenvalue weighted by Crippen LogP contribution is -2.15. The van der Waals surface area contributed by atoms with E-state index in [1.54, 1.807) is 41.8 Å². The number of rotatable bonds is 13. The van der Waals surface area contributed by atoms with Crippen LogP contribution in [0.1, 0.15) is 38.7 Å². The summed E-state index contributed by atoms with van der Waals surface area (Å²) in [6.45, 7) is 5.16. The molecule has 0 radical (unpaired) electrons. The summed E-state index contributed by atoms with van der Waals surface area (Å²) in [4.78, 5) is 10.3. The molecular formula is C39H36N2O14S5. The Bertz CT molecular complexity index is 3250. The van der Waals surface area contributed by atoms with Gasteiger partial charge in [0.2, 0.25) is 11.4 Å². The summed E-state index contributed by atoms with van der Waals surface area (Å²) in [5, 5.41) is 3.04. The first-order valence-electron chi connectivity index (χ1n) is 18.1. The van der Waals surface area contributed by atoms with Crippen molar-refractivity contribution in [1.82, 2.24) is 4.57 Å². The molecule has 21 heteroatoms. The Balaban J connectivity index is 0.00000144. The molecule has 1 aromatic heterocycles. The maximum absolute atomic E-state index is 12.7. The predicted octanol–water partition coefficient (Wildman–Crippen LogP) is 4.85. The molecule has 0 amide bonds. The summed E-state index contributed by atoms with van der Waals surface area (Å²) in [5.74, 6) is 0.455. The number of aryl methyl sites for hydroxylation is 1. The van der Waals surface area contributed by atoms with Gasteiger partial charge in [-0.3, -0.25) is 13.9 Å². The van der Waals surface area contributed by atoms with Gasteiger partial charge in [-0.2, -0.15) is 21.4 Å². The topological polar surface area (TPSA) is 251 Å². The van der Waals surface area contributed by atoms with Crippen LogP contribution in [0.2, 0.25) is 0 Å². The molecule has 0 spiro atoms. The van der Waals surface area contributed by atoms with E-state index in [1.807, 2.05) is 37.3 Å². The molecule has 0 fully saturated rings. The molecule has 1 aliphatic heterocycles. The maximum Gasteiger partial charge on any atom is 0.425 e. The minimum atomic E-state index is -4.94. The molecule has 4 aromatic carbocycles. The lowest BCUT2D eigenvalue weighted by atomic mass is 9.93. The van der Waals surface area contributed by atoms with Gasteiger partial charge in [-0.15, -0.1) is 24.4 Å². The van der Waals surface area contributed by atoms with Crippen LogP contribution in [-0.2, 0) is 57.0 Å². The number of carbonyl (C=O) groups is 1. The normalized spacial score (nSPS) is 15.8. The lowest BCUT2D eigenvalue weighted by molar-refractivity contribution is -0.433. The van der Waals surface area contributed by atoms with Crippen molar-refractivity contribution in [2.75, 3.05) is 18.9 Å². The first kappa shape index (κ1) is 44.5. The fourth-order valence-electron chi connectivity index (χ4n) is 7.89. The van der Waals surface area contributed by atoms with Crippen LogP contribution < -0.4 is 5.35 Å². The molecule has 60 heavy (non-hydrogen) atoms. The van der Waals surface area contributed by atoms with E-state index in [2.05, 4.69) is 4.57 Å². The Hall–Kier alpha value is -5.00. The van der Waals surface area contributed by atoms with Gasteiger partial charge >= 0.3 is 20.7 Å². The largest absolute Gasteiger partial charge is 0.744 e. The van der Waals surface area contributed by atoms with Gasteiger partial charge < -0.3 is 13.9 Å².